The number of rotatable bonds is 4. The van der Waals surface area contributed by atoms with Crippen LogP contribution >= 0.6 is 11.6 Å². The Morgan fingerprint density at radius 1 is 1.60 bits per heavy atom. The number of unbranched alkanes of at least 4 members (excludes halogenated alkanes) is 1. The summed E-state index contributed by atoms with van der Waals surface area (Å²) in [7, 11) is 1.55. The first-order valence-corrected chi connectivity index (χ1v) is 3.72. The van der Waals surface area contributed by atoms with E-state index in [1.54, 1.807) is 7.05 Å². The number of amides is 1. The topological polar surface area (TPSA) is 40.5 Å². The van der Waals surface area contributed by atoms with Crippen molar-refractivity contribution in [2.45, 2.75) is 12.8 Å². The Hall–Kier alpha value is -0.440. The van der Waals surface area contributed by atoms with Crippen molar-refractivity contribution in [1.29, 1.82) is 0 Å². The Kier molecular flexibility index (Phi) is 5.12. The summed E-state index contributed by atoms with van der Waals surface area (Å²) >= 11 is 5.40. The average Bonchev–Trinajstić information content (AvgIpc) is 1.88. The fraction of sp³-hybridized carbons (Fsp3) is 0.833. The predicted octanol–water partition coefficient (Wildman–Crippen LogP) is 1.62. The lowest BCUT2D eigenvalue weighted by molar-refractivity contribution is 0.155. The summed E-state index contributed by atoms with van der Waals surface area (Å²) in [5.74, 6) is 0.605. The molecule has 0 heterocycles. The van der Waals surface area contributed by atoms with Gasteiger partial charge in [-0.15, -0.1) is 11.6 Å². The molecule has 0 aliphatic carbocycles. The molecule has 0 radical (unpaired) electrons. The molecule has 0 unspecified atom stereocenters. The molecule has 10 heavy (non-hydrogen) atoms. The van der Waals surface area contributed by atoms with Gasteiger partial charge in [0, 0.05) is 19.5 Å². The monoisotopic (exact) mass is 165 g/mol. The van der Waals surface area contributed by atoms with E-state index < -0.39 is 6.09 Å². The second-order valence-corrected chi connectivity index (χ2v) is 2.48. The van der Waals surface area contributed by atoms with Crippen LogP contribution in [0.4, 0.5) is 4.79 Å². The summed E-state index contributed by atoms with van der Waals surface area (Å²) in [5, 5.41) is 8.37. The highest BCUT2D eigenvalue weighted by atomic mass is 35.5. The van der Waals surface area contributed by atoms with Gasteiger partial charge in [0.1, 0.15) is 0 Å². The van der Waals surface area contributed by atoms with Crippen LogP contribution in [0.5, 0.6) is 0 Å². The van der Waals surface area contributed by atoms with E-state index in [9.17, 15) is 4.79 Å². The highest BCUT2D eigenvalue weighted by molar-refractivity contribution is 6.17. The van der Waals surface area contributed by atoms with Gasteiger partial charge in [-0.25, -0.2) is 4.79 Å². The van der Waals surface area contributed by atoms with Crippen molar-refractivity contribution in [1.82, 2.24) is 4.90 Å². The molecule has 3 nitrogen and oxygen atoms in total. The lowest BCUT2D eigenvalue weighted by Gasteiger charge is -2.10. The number of hydrogen-bond acceptors (Lipinski definition) is 1. The second-order valence-electron chi connectivity index (χ2n) is 2.10. The zero-order valence-electron chi connectivity index (χ0n) is 6.01. The van der Waals surface area contributed by atoms with Crippen LogP contribution in [0.25, 0.3) is 0 Å². The Morgan fingerprint density at radius 3 is 2.60 bits per heavy atom. The van der Waals surface area contributed by atoms with Crippen molar-refractivity contribution >= 4 is 17.7 Å². The van der Waals surface area contributed by atoms with Gasteiger partial charge in [-0.1, -0.05) is 0 Å². The van der Waals surface area contributed by atoms with Crippen LogP contribution in [0.1, 0.15) is 12.8 Å². The molecule has 0 aliphatic rings. The van der Waals surface area contributed by atoms with E-state index in [0.717, 1.165) is 12.8 Å². The number of hydrogen-bond donors (Lipinski definition) is 1. The first-order valence-electron chi connectivity index (χ1n) is 3.18. The summed E-state index contributed by atoms with van der Waals surface area (Å²) in [6.45, 7) is 0.571. The van der Waals surface area contributed by atoms with Crippen molar-refractivity contribution in [2.75, 3.05) is 19.5 Å². The lowest BCUT2D eigenvalue weighted by Crippen LogP contribution is -2.25. The lowest BCUT2D eigenvalue weighted by atomic mass is 10.3. The molecule has 0 rings (SSSR count). The predicted molar refractivity (Wildman–Crippen MR) is 40.6 cm³/mol. The first-order chi connectivity index (χ1) is 4.68. The van der Waals surface area contributed by atoms with Crippen LogP contribution in [0.15, 0.2) is 0 Å². The molecule has 0 aromatic rings. The molecule has 1 amide bonds. The van der Waals surface area contributed by atoms with Gasteiger partial charge in [0.15, 0.2) is 0 Å². The molecule has 0 aromatic heterocycles. The number of carboxylic acid groups (broad SMARTS) is 1. The van der Waals surface area contributed by atoms with Crippen LogP contribution < -0.4 is 0 Å². The van der Waals surface area contributed by atoms with E-state index >= 15 is 0 Å². The summed E-state index contributed by atoms with van der Waals surface area (Å²) in [4.78, 5) is 11.4. The normalized spacial score (nSPS) is 9.40. The van der Waals surface area contributed by atoms with Crippen LogP contribution in [0, 0.1) is 0 Å². The van der Waals surface area contributed by atoms with E-state index in [0.29, 0.717) is 12.4 Å². The van der Waals surface area contributed by atoms with Gasteiger partial charge >= 0.3 is 6.09 Å². The van der Waals surface area contributed by atoms with E-state index in [2.05, 4.69) is 0 Å². The summed E-state index contributed by atoms with van der Waals surface area (Å²) in [6.07, 6.45) is 0.834. The third-order valence-corrected chi connectivity index (χ3v) is 1.47. The van der Waals surface area contributed by atoms with Crippen LogP contribution in [-0.4, -0.2) is 35.6 Å². The van der Waals surface area contributed by atoms with Crippen molar-refractivity contribution in [3.8, 4) is 0 Å². The molecule has 0 bridgehead atoms. The molecule has 60 valence electrons. The maximum atomic E-state index is 10.2. The number of alkyl halides is 1. The van der Waals surface area contributed by atoms with Gasteiger partial charge in [0.25, 0.3) is 0 Å². The second kappa shape index (κ2) is 5.35. The molecule has 0 fully saturated rings. The van der Waals surface area contributed by atoms with Crippen molar-refractivity contribution in [3.63, 3.8) is 0 Å². The molecule has 1 N–H and O–H groups in total. The van der Waals surface area contributed by atoms with Crippen molar-refractivity contribution in [2.24, 2.45) is 0 Å². The van der Waals surface area contributed by atoms with Crippen LogP contribution in [-0.2, 0) is 0 Å². The quantitative estimate of drug-likeness (QED) is 0.508. The molecule has 0 spiro atoms. The standard InChI is InChI=1S/C6H12ClNO2/c1-8(6(9)10)5-3-2-4-7/h2-5H2,1H3,(H,9,10). The molecular weight excluding hydrogens is 154 g/mol. The third kappa shape index (κ3) is 4.44. The Bertz CT molecular complexity index is 108. The summed E-state index contributed by atoms with van der Waals surface area (Å²) < 4.78 is 0. The first kappa shape index (κ1) is 9.56. The smallest absolute Gasteiger partial charge is 0.407 e. The average molecular weight is 166 g/mol. The number of carbonyl (C=O) groups is 1. The van der Waals surface area contributed by atoms with E-state index in [4.69, 9.17) is 16.7 Å². The minimum absolute atomic E-state index is 0.571. The number of halogens is 1. The van der Waals surface area contributed by atoms with Gasteiger partial charge in [-0.2, -0.15) is 0 Å². The van der Waals surface area contributed by atoms with E-state index in [1.165, 1.54) is 4.90 Å². The molecule has 0 aliphatic heterocycles. The van der Waals surface area contributed by atoms with E-state index in [-0.39, 0.29) is 0 Å². The Labute approximate surface area is 65.6 Å². The highest BCUT2D eigenvalue weighted by Crippen LogP contribution is 1.94. The molecule has 4 heteroatoms. The van der Waals surface area contributed by atoms with Gasteiger partial charge in [0.05, 0.1) is 0 Å². The minimum Gasteiger partial charge on any atom is -0.465 e. The van der Waals surface area contributed by atoms with Crippen molar-refractivity contribution < 1.29 is 9.90 Å². The SMILES string of the molecule is CN(CCCCCl)C(=O)O. The molecule has 0 aromatic carbocycles. The summed E-state index contributed by atoms with van der Waals surface area (Å²) in [5.41, 5.74) is 0. The largest absolute Gasteiger partial charge is 0.465 e. The zero-order chi connectivity index (χ0) is 7.98. The fourth-order valence-corrected chi connectivity index (χ4v) is 0.728. The number of nitrogens with zero attached hydrogens (tertiary/aromatic N) is 1. The van der Waals surface area contributed by atoms with Crippen molar-refractivity contribution in [3.05, 3.63) is 0 Å². The molecule has 0 saturated heterocycles. The van der Waals surface area contributed by atoms with Crippen LogP contribution in [0.3, 0.4) is 0 Å². The minimum atomic E-state index is -0.880. The van der Waals surface area contributed by atoms with Crippen LogP contribution in [0.2, 0.25) is 0 Å². The summed E-state index contributed by atoms with van der Waals surface area (Å²) in [6, 6.07) is 0. The Balaban J connectivity index is 3.21. The van der Waals surface area contributed by atoms with E-state index in [1.807, 2.05) is 0 Å². The molecule has 0 atom stereocenters. The zero-order valence-corrected chi connectivity index (χ0v) is 6.76. The van der Waals surface area contributed by atoms with Gasteiger partial charge in [-0.05, 0) is 12.8 Å². The molecule has 0 saturated carbocycles. The maximum absolute atomic E-state index is 10.2. The maximum Gasteiger partial charge on any atom is 0.407 e. The van der Waals surface area contributed by atoms with Gasteiger partial charge in [0.2, 0.25) is 0 Å². The van der Waals surface area contributed by atoms with Gasteiger partial charge < -0.3 is 10.0 Å². The fourth-order valence-electron chi connectivity index (χ4n) is 0.539. The Morgan fingerprint density at radius 2 is 2.20 bits per heavy atom. The van der Waals surface area contributed by atoms with Gasteiger partial charge in [-0.3, -0.25) is 0 Å². The highest BCUT2D eigenvalue weighted by Gasteiger charge is 2.02. The third-order valence-electron chi connectivity index (χ3n) is 1.20. The molecular formula is C6H12ClNO2.